The van der Waals surface area contributed by atoms with Gasteiger partial charge in [0.05, 0.1) is 12.1 Å². The minimum Gasteiger partial charge on any atom is -0.444 e. The fourth-order valence-electron chi connectivity index (χ4n) is 1.78. The van der Waals surface area contributed by atoms with E-state index in [1.165, 1.54) is 6.39 Å². The predicted molar refractivity (Wildman–Crippen MR) is 73.4 cm³/mol. The van der Waals surface area contributed by atoms with Crippen molar-refractivity contribution >= 4 is 11.6 Å². The van der Waals surface area contributed by atoms with Crippen molar-refractivity contribution in [3.05, 3.63) is 36.9 Å². The summed E-state index contributed by atoms with van der Waals surface area (Å²) in [7, 11) is 0. The molecule has 0 aliphatic heterocycles. The summed E-state index contributed by atoms with van der Waals surface area (Å²) in [6.07, 6.45) is 3.77. The Morgan fingerprint density at radius 1 is 1.42 bits per heavy atom. The third kappa shape index (κ3) is 3.20. The highest BCUT2D eigenvalue weighted by Crippen LogP contribution is 2.21. The van der Waals surface area contributed by atoms with E-state index in [4.69, 9.17) is 10.2 Å². The van der Waals surface area contributed by atoms with Crippen LogP contribution in [0, 0.1) is 5.92 Å². The number of anilines is 1. The highest BCUT2D eigenvalue weighted by atomic mass is 16.3. The largest absolute Gasteiger partial charge is 0.444 e. The molecule has 5 nitrogen and oxygen atoms in total. The van der Waals surface area contributed by atoms with E-state index in [2.05, 4.69) is 10.3 Å². The molecule has 0 bridgehead atoms. The highest BCUT2D eigenvalue weighted by Gasteiger charge is 2.14. The van der Waals surface area contributed by atoms with Crippen LogP contribution in [0.15, 0.2) is 41.3 Å². The fourth-order valence-corrected chi connectivity index (χ4v) is 1.78. The maximum atomic E-state index is 11.9. The monoisotopic (exact) mass is 259 g/mol. The van der Waals surface area contributed by atoms with E-state index >= 15 is 0 Å². The van der Waals surface area contributed by atoms with Gasteiger partial charge in [-0.15, -0.1) is 0 Å². The lowest BCUT2D eigenvalue weighted by molar-refractivity contribution is -0.119. The Hall–Kier alpha value is -2.14. The van der Waals surface area contributed by atoms with Crippen molar-refractivity contribution in [2.75, 3.05) is 11.9 Å². The van der Waals surface area contributed by atoms with Crippen LogP contribution in [0.5, 0.6) is 0 Å². The summed E-state index contributed by atoms with van der Waals surface area (Å²) in [4.78, 5) is 15.7. The number of benzene rings is 1. The lowest BCUT2D eigenvalue weighted by Gasteiger charge is -2.12. The molecule has 3 N–H and O–H groups in total. The van der Waals surface area contributed by atoms with E-state index in [0.717, 1.165) is 17.7 Å². The van der Waals surface area contributed by atoms with Crippen LogP contribution in [0.3, 0.4) is 0 Å². The van der Waals surface area contributed by atoms with E-state index < -0.39 is 0 Å². The summed E-state index contributed by atoms with van der Waals surface area (Å²) < 4.78 is 5.20. The standard InChI is InChI=1S/C14H17N3O2/c1-2-10(7-15)14(18)17-12-5-3-11(4-6-12)13-8-16-9-19-13/h3-6,8-10H,2,7,15H2,1H3,(H,17,18). The van der Waals surface area contributed by atoms with Crippen molar-refractivity contribution in [2.24, 2.45) is 11.7 Å². The first-order chi connectivity index (χ1) is 9.24. The van der Waals surface area contributed by atoms with Gasteiger partial charge < -0.3 is 15.5 Å². The Labute approximate surface area is 111 Å². The molecule has 100 valence electrons. The molecule has 1 heterocycles. The van der Waals surface area contributed by atoms with Crippen molar-refractivity contribution in [3.63, 3.8) is 0 Å². The quantitative estimate of drug-likeness (QED) is 0.863. The van der Waals surface area contributed by atoms with E-state index in [1.807, 2.05) is 31.2 Å². The lowest BCUT2D eigenvalue weighted by atomic mass is 10.1. The zero-order chi connectivity index (χ0) is 13.7. The maximum Gasteiger partial charge on any atom is 0.228 e. The molecule has 1 atom stereocenters. The Kier molecular flexibility index (Phi) is 4.30. The van der Waals surface area contributed by atoms with E-state index in [1.54, 1.807) is 6.20 Å². The third-order valence-corrected chi connectivity index (χ3v) is 3.02. The smallest absolute Gasteiger partial charge is 0.228 e. The number of amides is 1. The number of oxazole rings is 1. The van der Waals surface area contributed by atoms with Crippen LogP contribution >= 0.6 is 0 Å². The van der Waals surface area contributed by atoms with E-state index in [9.17, 15) is 4.79 Å². The van der Waals surface area contributed by atoms with Gasteiger partial charge in [0.25, 0.3) is 0 Å². The molecular formula is C14H17N3O2. The molecule has 1 unspecified atom stereocenters. The minimum atomic E-state index is -0.144. The summed E-state index contributed by atoms with van der Waals surface area (Å²) in [5.74, 6) is 0.512. The SMILES string of the molecule is CCC(CN)C(=O)Nc1ccc(-c2cnco2)cc1. The second kappa shape index (κ2) is 6.15. The van der Waals surface area contributed by atoms with Crippen LogP contribution < -0.4 is 11.1 Å². The number of carbonyl (C=O) groups excluding carboxylic acids is 1. The Balaban J connectivity index is 2.05. The summed E-state index contributed by atoms with van der Waals surface area (Å²) in [6.45, 7) is 2.31. The summed E-state index contributed by atoms with van der Waals surface area (Å²) in [6, 6.07) is 7.41. The van der Waals surface area contributed by atoms with Crippen LogP contribution in [0.2, 0.25) is 0 Å². The Morgan fingerprint density at radius 3 is 2.68 bits per heavy atom. The van der Waals surface area contributed by atoms with Gasteiger partial charge in [0.1, 0.15) is 0 Å². The van der Waals surface area contributed by atoms with Crippen molar-refractivity contribution in [3.8, 4) is 11.3 Å². The first-order valence-corrected chi connectivity index (χ1v) is 6.24. The summed E-state index contributed by atoms with van der Waals surface area (Å²) in [5.41, 5.74) is 7.21. The van der Waals surface area contributed by atoms with Crippen LogP contribution in [-0.4, -0.2) is 17.4 Å². The number of aromatic nitrogens is 1. The molecule has 1 aromatic heterocycles. The topological polar surface area (TPSA) is 81.2 Å². The van der Waals surface area contributed by atoms with E-state index in [-0.39, 0.29) is 11.8 Å². The number of hydrogen-bond acceptors (Lipinski definition) is 4. The third-order valence-electron chi connectivity index (χ3n) is 3.02. The van der Waals surface area contributed by atoms with Gasteiger partial charge >= 0.3 is 0 Å². The molecular weight excluding hydrogens is 242 g/mol. The van der Waals surface area contributed by atoms with Gasteiger partial charge in [-0.1, -0.05) is 6.92 Å². The number of nitrogens with one attached hydrogen (secondary N) is 1. The molecule has 5 heteroatoms. The van der Waals surface area contributed by atoms with Crippen molar-refractivity contribution < 1.29 is 9.21 Å². The van der Waals surface area contributed by atoms with Crippen molar-refractivity contribution in [1.82, 2.24) is 4.98 Å². The van der Waals surface area contributed by atoms with E-state index in [0.29, 0.717) is 12.3 Å². The molecule has 1 aromatic carbocycles. The molecule has 0 fully saturated rings. The molecule has 0 aliphatic rings. The highest BCUT2D eigenvalue weighted by molar-refractivity contribution is 5.92. The van der Waals surface area contributed by atoms with Gasteiger partial charge in [-0.25, -0.2) is 4.98 Å². The molecule has 1 amide bonds. The second-order valence-electron chi connectivity index (χ2n) is 4.27. The van der Waals surface area contributed by atoms with Crippen molar-refractivity contribution in [1.29, 1.82) is 0 Å². The normalized spacial score (nSPS) is 12.1. The maximum absolute atomic E-state index is 11.9. The number of nitrogens with two attached hydrogens (primary N) is 1. The van der Waals surface area contributed by atoms with Gasteiger partial charge in [0.15, 0.2) is 12.2 Å². The zero-order valence-electron chi connectivity index (χ0n) is 10.8. The van der Waals surface area contributed by atoms with Gasteiger partial charge in [0, 0.05) is 17.8 Å². The Morgan fingerprint density at radius 2 is 2.16 bits per heavy atom. The second-order valence-corrected chi connectivity index (χ2v) is 4.27. The number of hydrogen-bond donors (Lipinski definition) is 2. The van der Waals surface area contributed by atoms with Gasteiger partial charge in [0.2, 0.25) is 5.91 Å². The molecule has 0 saturated heterocycles. The fraction of sp³-hybridized carbons (Fsp3) is 0.286. The molecule has 19 heavy (non-hydrogen) atoms. The summed E-state index contributed by atoms with van der Waals surface area (Å²) in [5, 5.41) is 2.85. The molecule has 2 aromatic rings. The molecule has 0 spiro atoms. The average molecular weight is 259 g/mol. The van der Waals surface area contributed by atoms with Crippen LogP contribution in [-0.2, 0) is 4.79 Å². The predicted octanol–water partition coefficient (Wildman–Crippen LogP) is 2.27. The number of rotatable bonds is 5. The van der Waals surface area contributed by atoms with Crippen LogP contribution in [0.1, 0.15) is 13.3 Å². The van der Waals surface area contributed by atoms with Gasteiger partial charge in [-0.05, 0) is 30.7 Å². The minimum absolute atomic E-state index is 0.0441. The first-order valence-electron chi connectivity index (χ1n) is 6.24. The number of nitrogens with zero attached hydrogens (tertiary/aromatic N) is 1. The molecule has 2 rings (SSSR count). The number of carbonyl (C=O) groups is 1. The van der Waals surface area contributed by atoms with Crippen LogP contribution in [0.25, 0.3) is 11.3 Å². The van der Waals surface area contributed by atoms with Crippen LogP contribution in [0.4, 0.5) is 5.69 Å². The van der Waals surface area contributed by atoms with Crippen molar-refractivity contribution in [2.45, 2.75) is 13.3 Å². The van der Waals surface area contributed by atoms with Gasteiger partial charge in [-0.3, -0.25) is 4.79 Å². The molecule has 0 saturated carbocycles. The summed E-state index contributed by atoms with van der Waals surface area (Å²) >= 11 is 0. The molecule has 0 aliphatic carbocycles. The van der Waals surface area contributed by atoms with Gasteiger partial charge in [-0.2, -0.15) is 0 Å². The Bertz CT molecular complexity index is 516. The zero-order valence-corrected chi connectivity index (χ0v) is 10.8. The molecule has 0 radical (unpaired) electrons. The first kappa shape index (κ1) is 13.3. The average Bonchev–Trinajstić information content (AvgIpc) is 2.95. The lowest BCUT2D eigenvalue weighted by Crippen LogP contribution is -2.28.